The van der Waals surface area contributed by atoms with E-state index in [1.165, 1.54) is 54.9 Å². The van der Waals surface area contributed by atoms with E-state index in [-0.39, 0.29) is 35.1 Å². The number of carboxylic acid groups (broad SMARTS) is 3. The van der Waals surface area contributed by atoms with Crippen molar-refractivity contribution in [3.63, 3.8) is 0 Å². The number of pyridine rings is 1. The van der Waals surface area contributed by atoms with Gasteiger partial charge in [-0.1, -0.05) is 32.0 Å². The fraction of sp³-hybridized carbons (Fsp3) is 0.368. The van der Waals surface area contributed by atoms with Gasteiger partial charge in [0.1, 0.15) is 34.6 Å². The fourth-order valence-corrected chi connectivity index (χ4v) is 5.90. The molecule has 0 aliphatic rings. The Balaban J connectivity index is 0.000000426. The van der Waals surface area contributed by atoms with E-state index in [0.29, 0.717) is 61.5 Å². The Labute approximate surface area is 351 Å². The number of benzene rings is 2. The average Bonchev–Trinajstić information content (AvgIpc) is 3.19. The Hall–Kier alpha value is -6.53. The Bertz CT molecular complexity index is 2070. The standard InChI is InChI=1S/C21H27N5O6S.C17H24N4O7/c1-14(2)20(21(28)29)23-10-4-9-22-17-5-3-6-18(33(30,31)32)16(17)12-25-26-19-8-7-15(13-27)11-24-19;18-5-6-19-9-14(23)20-12(8-15(24)25)16(26)21-13(17(27)28)7-10-1-3-11(22)4-2-10/h3,5-8,11-14,20,22-23H,4,9-10H2,1-2H3,(H,24,26)(H,28,29)(H,30,31,32);1-4,12-13,19,22H,5-9,18H2,(H,20,23)(H,21,26)(H,24,25)(H,27,28)/t20-;12-,13+/m00/s1. The van der Waals surface area contributed by atoms with E-state index >= 15 is 0 Å². The third kappa shape index (κ3) is 18.9. The molecule has 0 bridgehead atoms. The Morgan fingerprint density at radius 1 is 0.902 bits per heavy atom. The lowest BCUT2D eigenvalue weighted by Gasteiger charge is -2.20. The van der Waals surface area contributed by atoms with Crippen LogP contribution < -0.4 is 37.7 Å². The van der Waals surface area contributed by atoms with E-state index in [9.17, 15) is 57.1 Å². The summed E-state index contributed by atoms with van der Waals surface area (Å²) < 4.78 is 33.2. The van der Waals surface area contributed by atoms with Gasteiger partial charge in [0.25, 0.3) is 10.1 Å². The average molecular weight is 874 g/mol. The molecule has 3 atom stereocenters. The molecular formula is C38H51N9O13S. The molecule has 2 amide bonds. The summed E-state index contributed by atoms with van der Waals surface area (Å²) in [6.07, 6.45) is 3.01. The van der Waals surface area contributed by atoms with Crippen LogP contribution in [-0.4, -0.2) is 131 Å². The van der Waals surface area contributed by atoms with Crippen LogP contribution in [0.2, 0.25) is 0 Å². The number of hydrogen-bond acceptors (Lipinski definition) is 16. The molecule has 23 heteroatoms. The number of phenols is 1. The molecule has 0 aliphatic carbocycles. The number of rotatable bonds is 25. The number of carbonyl (C=O) groups is 6. The van der Waals surface area contributed by atoms with Crippen molar-refractivity contribution in [2.24, 2.45) is 16.8 Å². The summed E-state index contributed by atoms with van der Waals surface area (Å²) in [6, 6.07) is 9.73. The van der Waals surface area contributed by atoms with Gasteiger partial charge in [-0.3, -0.25) is 34.0 Å². The van der Waals surface area contributed by atoms with Crippen LogP contribution in [0.3, 0.4) is 0 Å². The third-order valence-corrected chi connectivity index (χ3v) is 9.14. The van der Waals surface area contributed by atoms with Crippen molar-refractivity contribution >= 4 is 63.8 Å². The molecule has 0 spiro atoms. The van der Waals surface area contributed by atoms with Crippen LogP contribution in [0.1, 0.15) is 48.2 Å². The molecule has 0 saturated heterocycles. The second kappa shape index (κ2) is 25.8. The molecule has 1 aromatic heterocycles. The minimum absolute atomic E-state index is 0.00661. The van der Waals surface area contributed by atoms with Gasteiger partial charge in [0.05, 0.1) is 19.2 Å². The quantitative estimate of drug-likeness (QED) is 0.0177. The van der Waals surface area contributed by atoms with Gasteiger partial charge in [-0.15, -0.1) is 0 Å². The van der Waals surface area contributed by atoms with Crippen LogP contribution in [0.15, 0.2) is 70.8 Å². The van der Waals surface area contributed by atoms with E-state index in [1.54, 1.807) is 12.1 Å². The number of aliphatic carboxylic acids is 3. The summed E-state index contributed by atoms with van der Waals surface area (Å²) in [5.74, 6) is -4.86. The lowest BCUT2D eigenvalue weighted by atomic mass is 10.0. The number of nitrogens with two attached hydrogens (primary N) is 1. The molecule has 3 aromatic rings. The number of hydrazone groups is 1. The van der Waals surface area contributed by atoms with E-state index in [1.807, 2.05) is 13.8 Å². The molecule has 13 N–H and O–H groups in total. The van der Waals surface area contributed by atoms with Crippen molar-refractivity contribution < 1.29 is 62.2 Å². The Morgan fingerprint density at radius 3 is 2.16 bits per heavy atom. The van der Waals surface area contributed by atoms with Crippen molar-refractivity contribution in [1.82, 2.24) is 26.3 Å². The molecule has 332 valence electrons. The normalized spacial score (nSPS) is 12.6. The maximum Gasteiger partial charge on any atom is 0.326 e. The van der Waals surface area contributed by atoms with Crippen molar-refractivity contribution in [2.45, 2.75) is 56.1 Å². The summed E-state index contributed by atoms with van der Waals surface area (Å²) in [5.41, 5.74) is 9.39. The fourth-order valence-electron chi connectivity index (χ4n) is 5.21. The molecule has 22 nitrogen and oxygen atoms in total. The summed E-state index contributed by atoms with van der Waals surface area (Å²) in [4.78, 5) is 72.3. The number of hydrogen-bond donors (Lipinski definition) is 12. The predicted octanol–water partition coefficient (Wildman–Crippen LogP) is 0.0995. The van der Waals surface area contributed by atoms with Crippen molar-refractivity contribution in [3.8, 4) is 5.75 Å². The van der Waals surface area contributed by atoms with Gasteiger partial charge >= 0.3 is 17.9 Å². The first-order valence-corrected chi connectivity index (χ1v) is 20.0. The lowest BCUT2D eigenvalue weighted by Crippen LogP contribution is -2.54. The molecule has 0 saturated carbocycles. The van der Waals surface area contributed by atoms with Crippen molar-refractivity contribution in [3.05, 3.63) is 77.5 Å². The van der Waals surface area contributed by atoms with E-state index < -0.39 is 64.4 Å². The summed E-state index contributed by atoms with van der Waals surface area (Å²) >= 11 is 0. The number of phenolic OH excluding ortho intramolecular Hbond substituents is 1. The van der Waals surface area contributed by atoms with Crippen LogP contribution in [-0.2, 0) is 40.5 Å². The monoisotopic (exact) mass is 873 g/mol. The first kappa shape index (κ1) is 50.6. The smallest absolute Gasteiger partial charge is 0.326 e. The highest BCUT2D eigenvalue weighted by molar-refractivity contribution is 7.86. The van der Waals surface area contributed by atoms with Crippen molar-refractivity contribution in [2.75, 3.05) is 43.5 Å². The molecular weight excluding hydrogens is 823 g/mol. The molecule has 0 aliphatic heterocycles. The molecule has 0 radical (unpaired) electrons. The number of amides is 2. The predicted molar refractivity (Wildman–Crippen MR) is 222 cm³/mol. The number of aldehydes is 1. The summed E-state index contributed by atoms with van der Waals surface area (Å²) in [5, 5.41) is 54.0. The molecule has 0 unspecified atom stereocenters. The number of carboxylic acids is 3. The number of aromatic nitrogens is 1. The van der Waals surface area contributed by atoms with Gasteiger partial charge in [-0.05, 0) is 60.8 Å². The second-order valence-corrected chi connectivity index (χ2v) is 14.8. The first-order valence-electron chi connectivity index (χ1n) is 18.6. The zero-order valence-corrected chi connectivity index (χ0v) is 34.1. The second-order valence-electron chi connectivity index (χ2n) is 13.4. The van der Waals surface area contributed by atoms with E-state index in [4.69, 9.17) is 10.8 Å². The minimum atomic E-state index is -4.52. The number of nitrogens with zero attached hydrogens (tertiary/aromatic N) is 2. The van der Waals surface area contributed by atoms with Gasteiger partial charge in [0.15, 0.2) is 6.29 Å². The van der Waals surface area contributed by atoms with Gasteiger partial charge in [0, 0.05) is 49.1 Å². The highest BCUT2D eigenvalue weighted by Crippen LogP contribution is 2.23. The minimum Gasteiger partial charge on any atom is -0.508 e. The van der Waals surface area contributed by atoms with Gasteiger partial charge in [-0.25, -0.2) is 9.78 Å². The van der Waals surface area contributed by atoms with Gasteiger partial charge < -0.3 is 52.7 Å². The maximum atomic E-state index is 12.4. The Morgan fingerprint density at radius 2 is 1.61 bits per heavy atom. The largest absolute Gasteiger partial charge is 0.508 e. The zero-order valence-electron chi connectivity index (χ0n) is 33.3. The van der Waals surface area contributed by atoms with Crippen LogP contribution >= 0.6 is 0 Å². The van der Waals surface area contributed by atoms with Crippen LogP contribution in [0.5, 0.6) is 5.75 Å². The van der Waals surface area contributed by atoms with Crippen LogP contribution in [0.4, 0.5) is 11.5 Å². The molecule has 1 heterocycles. The number of nitrogens with one attached hydrogen (secondary N) is 6. The number of aromatic hydroxyl groups is 1. The molecule has 0 fully saturated rings. The molecule has 2 aromatic carbocycles. The van der Waals surface area contributed by atoms with Gasteiger partial charge in [0.2, 0.25) is 11.8 Å². The zero-order chi connectivity index (χ0) is 45.5. The molecule has 61 heavy (non-hydrogen) atoms. The summed E-state index contributed by atoms with van der Waals surface area (Å²) in [7, 11) is -4.52. The number of carbonyl (C=O) groups excluding carboxylic acids is 3. The van der Waals surface area contributed by atoms with Crippen molar-refractivity contribution in [1.29, 1.82) is 0 Å². The van der Waals surface area contributed by atoms with E-state index in [2.05, 4.69) is 42.1 Å². The van der Waals surface area contributed by atoms with E-state index in [0.717, 1.165) is 0 Å². The van der Waals surface area contributed by atoms with Crippen LogP contribution in [0, 0.1) is 5.92 Å². The summed E-state index contributed by atoms with van der Waals surface area (Å²) in [6.45, 7) is 4.97. The van der Waals surface area contributed by atoms with Crippen LogP contribution in [0.25, 0.3) is 0 Å². The number of anilines is 2. The maximum absolute atomic E-state index is 12.4. The third-order valence-electron chi connectivity index (χ3n) is 8.23. The topological polar surface area (TPSA) is 361 Å². The highest BCUT2D eigenvalue weighted by atomic mass is 32.2. The lowest BCUT2D eigenvalue weighted by molar-refractivity contribution is -0.143. The highest BCUT2D eigenvalue weighted by Gasteiger charge is 2.28. The Kier molecular flexibility index (Phi) is 21.4. The SMILES string of the molecule is CC(C)[C@H](NCCCNc1cccc(S(=O)(=O)O)c1C=NNc1ccc(C=O)cn1)C(=O)O.NCCNCC(=O)N[C@@H](CC(=O)O)C(=O)N[C@H](Cc1ccc(O)cc1)C(=O)O. The molecule has 3 rings (SSSR count). The van der Waals surface area contributed by atoms with Gasteiger partial charge in [-0.2, -0.15) is 13.5 Å². The first-order chi connectivity index (χ1) is 28.9.